The van der Waals surface area contributed by atoms with Crippen molar-refractivity contribution in [1.29, 1.82) is 0 Å². The predicted octanol–water partition coefficient (Wildman–Crippen LogP) is 3.07. The number of hydrogen-bond acceptors (Lipinski definition) is 5. The Kier molecular flexibility index (Phi) is 4.39. The summed E-state index contributed by atoms with van der Waals surface area (Å²) >= 11 is 0. The molecule has 4 rings (SSSR count). The van der Waals surface area contributed by atoms with Gasteiger partial charge in [-0.05, 0) is 53.0 Å². The molecule has 6 heteroatoms. The van der Waals surface area contributed by atoms with Crippen LogP contribution in [0.15, 0.2) is 22.7 Å². The molecule has 2 saturated heterocycles. The molecule has 140 valence electrons. The van der Waals surface area contributed by atoms with Gasteiger partial charge in [0.1, 0.15) is 5.69 Å². The van der Waals surface area contributed by atoms with Crippen molar-refractivity contribution >= 4 is 22.8 Å². The van der Waals surface area contributed by atoms with Crippen LogP contribution in [-0.4, -0.2) is 41.1 Å². The van der Waals surface area contributed by atoms with Gasteiger partial charge in [0.15, 0.2) is 11.5 Å². The number of fused-ring (bicyclic) bond motifs is 3. The van der Waals surface area contributed by atoms with Crippen LogP contribution in [0.25, 0.3) is 11.0 Å². The maximum atomic E-state index is 12.6. The Morgan fingerprint density at radius 2 is 2.04 bits per heavy atom. The van der Waals surface area contributed by atoms with Crippen LogP contribution in [-0.2, 0) is 0 Å². The zero-order valence-corrected chi connectivity index (χ0v) is 16.0. The Morgan fingerprint density at radius 1 is 1.27 bits per heavy atom. The SMILES string of the molecule is CC(C)N(c1cc2cc(C(=O)N[C@@H]3C[C@H]4CC[C@@H]3N4)ncc2o1)C(C)C. The number of carbonyl (C=O) groups excluding carboxylic acids is 1. The molecule has 0 aromatic carbocycles. The van der Waals surface area contributed by atoms with Gasteiger partial charge in [-0.25, -0.2) is 4.98 Å². The van der Waals surface area contributed by atoms with E-state index >= 15 is 0 Å². The van der Waals surface area contributed by atoms with E-state index in [1.54, 1.807) is 6.20 Å². The van der Waals surface area contributed by atoms with E-state index in [4.69, 9.17) is 4.42 Å². The maximum absolute atomic E-state index is 12.6. The molecule has 2 N–H and O–H groups in total. The van der Waals surface area contributed by atoms with E-state index in [1.807, 2.05) is 12.1 Å². The fourth-order valence-electron chi connectivity index (χ4n) is 4.51. The van der Waals surface area contributed by atoms with Gasteiger partial charge in [-0.3, -0.25) is 4.79 Å². The largest absolute Gasteiger partial charge is 0.439 e. The van der Waals surface area contributed by atoms with Crippen LogP contribution in [0, 0.1) is 0 Å². The lowest BCUT2D eigenvalue weighted by Gasteiger charge is -2.30. The summed E-state index contributed by atoms with van der Waals surface area (Å²) in [5, 5.41) is 7.61. The Hall–Kier alpha value is -2.08. The van der Waals surface area contributed by atoms with E-state index in [9.17, 15) is 4.79 Å². The van der Waals surface area contributed by atoms with E-state index in [2.05, 4.69) is 48.2 Å². The molecular formula is C20H28N4O2. The van der Waals surface area contributed by atoms with E-state index < -0.39 is 0 Å². The molecule has 6 nitrogen and oxygen atoms in total. The molecule has 0 aliphatic carbocycles. The highest BCUT2D eigenvalue weighted by Crippen LogP contribution is 2.30. The summed E-state index contributed by atoms with van der Waals surface area (Å²) in [6.45, 7) is 8.59. The molecule has 2 aromatic rings. The molecule has 2 aromatic heterocycles. The standard InChI is InChI=1S/C20H28N4O2/c1-11(2)24(12(3)4)19-8-13-7-17(21-10-18(13)26-19)20(25)23-16-9-14-5-6-15(16)22-14/h7-8,10-12,14-16,22H,5-6,9H2,1-4H3,(H,23,25)/t14-,15+,16-/m1/s1. The number of pyridine rings is 1. The molecule has 2 aliphatic rings. The number of amides is 1. The number of nitrogens with zero attached hydrogens (tertiary/aromatic N) is 2. The third kappa shape index (κ3) is 3.07. The van der Waals surface area contributed by atoms with Crippen LogP contribution in [0.3, 0.4) is 0 Å². The lowest BCUT2D eigenvalue weighted by atomic mass is 9.95. The lowest BCUT2D eigenvalue weighted by molar-refractivity contribution is 0.0926. The number of aromatic nitrogens is 1. The van der Waals surface area contributed by atoms with Gasteiger partial charge < -0.3 is 20.0 Å². The summed E-state index contributed by atoms with van der Waals surface area (Å²) in [4.78, 5) is 19.2. The molecule has 1 amide bonds. The van der Waals surface area contributed by atoms with E-state index in [0.717, 1.165) is 24.1 Å². The van der Waals surface area contributed by atoms with Gasteiger partial charge in [-0.15, -0.1) is 0 Å². The second-order valence-corrected chi connectivity index (χ2v) is 8.15. The summed E-state index contributed by atoms with van der Waals surface area (Å²) in [6.07, 6.45) is 5.05. The minimum atomic E-state index is -0.0985. The summed E-state index contributed by atoms with van der Waals surface area (Å²) in [6, 6.07) is 5.70. The van der Waals surface area contributed by atoms with E-state index in [-0.39, 0.29) is 11.9 Å². The predicted molar refractivity (Wildman–Crippen MR) is 103 cm³/mol. The molecule has 4 heterocycles. The minimum Gasteiger partial charge on any atom is -0.439 e. The van der Waals surface area contributed by atoms with Crippen molar-refractivity contribution < 1.29 is 9.21 Å². The van der Waals surface area contributed by atoms with Gasteiger partial charge in [0.25, 0.3) is 5.91 Å². The molecule has 0 saturated carbocycles. The number of nitrogens with one attached hydrogen (secondary N) is 2. The Morgan fingerprint density at radius 3 is 2.65 bits per heavy atom. The van der Waals surface area contributed by atoms with Crippen molar-refractivity contribution in [3.8, 4) is 0 Å². The topological polar surface area (TPSA) is 70.4 Å². The van der Waals surface area contributed by atoms with Crippen LogP contribution in [0.4, 0.5) is 5.88 Å². The molecule has 3 atom stereocenters. The van der Waals surface area contributed by atoms with E-state index in [1.165, 1.54) is 6.42 Å². The van der Waals surface area contributed by atoms with Crippen molar-refractivity contribution in [2.75, 3.05) is 4.90 Å². The molecular weight excluding hydrogens is 328 g/mol. The van der Waals surface area contributed by atoms with Crippen molar-refractivity contribution in [3.05, 3.63) is 24.0 Å². The molecule has 2 bridgehead atoms. The van der Waals surface area contributed by atoms with E-state index in [0.29, 0.717) is 35.4 Å². The third-order valence-electron chi connectivity index (χ3n) is 5.61. The Balaban J connectivity index is 1.54. The van der Waals surface area contributed by atoms with Gasteiger partial charge in [0.2, 0.25) is 0 Å². The van der Waals surface area contributed by atoms with Gasteiger partial charge >= 0.3 is 0 Å². The van der Waals surface area contributed by atoms with Crippen LogP contribution in [0.1, 0.15) is 57.4 Å². The second-order valence-electron chi connectivity index (χ2n) is 8.15. The third-order valence-corrected chi connectivity index (χ3v) is 5.61. The molecule has 2 fully saturated rings. The highest BCUT2D eigenvalue weighted by molar-refractivity contribution is 5.96. The minimum absolute atomic E-state index is 0.0985. The van der Waals surface area contributed by atoms with Gasteiger partial charge in [0, 0.05) is 41.7 Å². The van der Waals surface area contributed by atoms with Gasteiger partial charge in [-0.1, -0.05) is 0 Å². The smallest absolute Gasteiger partial charge is 0.270 e. The molecule has 0 spiro atoms. The molecule has 26 heavy (non-hydrogen) atoms. The number of hydrogen-bond donors (Lipinski definition) is 2. The number of anilines is 1. The molecule has 2 aliphatic heterocycles. The summed E-state index contributed by atoms with van der Waals surface area (Å²) in [7, 11) is 0. The fraction of sp³-hybridized carbons (Fsp3) is 0.600. The first-order chi connectivity index (χ1) is 12.4. The summed E-state index contributed by atoms with van der Waals surface area (Å²) in [5.74, 6) is 0.722. The zero-order chi connectivity index (χ0) is 18.4. The van der Waals surface area contributed by atoms with Gasteiger partial charge in [0.05, 0.1) is 6.20 Å². The van der Waals surface area contributed by atoms with Crippen LogP contribution in [0.5, 0.6) is 0 Å². The van der Waals surface area contributed by atoms with Crippen LogP contribution < -0.4 is 15.5 Å². The molecule has 0 radical (unpaired) electrons. The number of carbonyl (C=O) groups is 1. The first kappa shape index (κ1) is 17.3. The monoisotopic (exact) mass is 356 g/mol. The van der Waals surface area contributed by atoms with Gasteiger partial charge in [-0.2, -0.15) is 0 Å². The average Bonchev–Trinajstić information content (AvgIpc) is 3.27. The van der Waals surface area contributed by atoms with Crippen molar-refractivity contribution in [3.63, 3.8) is 0 Å². The average molecular weight is 356 g/mol. The van der Waals surface area contributed by atoms with Crippen molar-refractivity contribution in [2.45, 2.75) is 77.2 Å². The number of rotatable bonds is 5. The quantitative estimate of drug-likeness (QED) is 0.861. The Bertz CT molecular complexity index is 805. The number of furan rings is 1. The van der Waals surface area contributed by atoms with Crippen molar-refractivity contribution in [1.82, 2.24) is 15.6 Å². The maximum Gasteiger partial charge on any atom is 0.270 e. The second kappa shape index (κ2) is 6.58. The van der Waals surface area contributed by atoms with Crippen LogP contribution in [0.2, 0.25) is 0 Å². The van der Waals surface area contributed by atoms with Crippen molar-refractivity contribution in [2.24, 2.45) is 0 Å². The Labute approximate surface area is 154 Å². The van der Waals surface area contributed by atoms with Crippen LogP contribution >= 0.6 is 0 Å². The highest BCUT2D eigenvalue weighted by atomic mass is 16.4. The lowest BCUT2D eigenvalue weighted by Crippen LogP contribution is -2.43. The summed E-state index contributed by atoms with van der Waals surface area (Å²) < 4.78 is 5.98. The normalized spacial score (nSPS) is 24.8. The fourth-order valence-corrected chi connectivity index (χ4v) is 4.51. The first-order valence-electron chi connectivity index (χ1n) is 9.67. The first-order valence-corrected chi connectivity index (χ1v) is 9.67. The molecule has 0 unspecified atom stereocenters. The summed E-state index contributed by atoms with van der Waals surface area (Å²) in [5.41, 5.74) is 1.16. The zero-order valence-electron chi connectivity index (χ0n) is 16.0. The highest BCUT2D eigenvalue weighted by Gasteiger charge is 2.39.